The van der Waals surface area contributed by atoms with E-state index in [4.69, 9.17) is 11.2 Å². The second-order valence-electron chi connectivity index (χ2n) is 5.51. The standard InChI is InChI=1S/C18H13F2INO2P/c1-3-6-22-11-7-10(4-5-12(11)24-8-13(22)23)14-16(20)15(19)9(2)17(21)18(14)25/h1,4-5,7H,6,8,25H2,2H3. The molecule has 0 spiro atoms. The van der Waals surface area contributed by atoms with Gasteiger partial charge in [0.15, 0.2) is 18.2 Å². The van der Waals surface area contributed by atoms with E-state index in [0.29, 0.717) is 25.9 Å². The van der Waals surface area contributed by atoms with Crippen LogP contribution < -0.4 is 14.9 Å². The number of amides is 1. The van der Waals surface area contributed by atoms with Gasteiger partial charge < -0.3 is 4.74 Å². The van der Waals surface area contributed by atoms with E-state index in [-0.39, 0.29) is 30.2 Å². The van der Waals surface area contributed by atoms with E-state index in [1.807, 2.05) is 22.6 Å². The van der Waals surface area contributed by atoms with E-state index < -0.39 is 11.6 Å². The number of terminal acetylenes is 1. The number of fused-ring (bicyclic) bond motifs is 1. The molecule has 0 bridgehead atoms. The molecule has 7 heteroatoms. The van der Waals surface area contributed by atoms with Gasteiger partial charge in [-0.05, 0) is 52.5 Å². The lowest BCUT2D eigenvalue weighted by atomic mass is 10.0. The second kappa shape index (κ2) is 6.89. The third-order valence-corrected chi connectivity index (χ3v) is 6.57. The Morgan fingerprint density at radius 2 is 2.12 bits per heavy atom. The Hall–Kier alpha value is -1.71. The SMILES string of the molecule is C#CCN1C(=O)COc2ccc(-c3c(F)c(F)c(C)c(I)c3P)cc21. The van der Waals surface area contributed by atoms with E-state index in [0.717, 1.165) is 0 Å². The lowest BCUT2D eigenvalue weighted by molar-refractivity contribution is -0.121. The molecule has 0 aromatic heterocycles. The molecule has 128 valence electrons. The Kier molecular flexibility index (Phi) is 4.99. The Morgan fingerprint density at radius 1 is 1.40 bits per heavy atom. The van der Waals surface area contributed by atoms with Crippen LogP contribution in [0.1, 0.15) is 5.56 Å². The normalized spacial score (nSPS) is 13.3. The number of hydrogen-bond donors (Lipinski definition) is 0. The zero-order valence-electron chi connectivity index (χ0n) is 13.2. The Bertz CT molecular complexity index is 911. The van der Waals surface area contributed by atoms with E-state index in [2.05, 4.69) is 15.2 Å². The largest absolute Gasteiger partial charge is 0.482 e. The van der Waals surface area contributed by atoms with Gasteiger partial charge in [0, 0.05) is 14.7 Å². The second-order valence-corrected chi connectivity index (χ2v) is 7.17. The molecule has 1 aliphatic heterocycles. The molecule has 1 amide bonds. The quantitative estimate of drug-likeness (QED) is 0.291. The van der Waals surface area contributed by atoms with Crippen LogP contribution in [0.25, 0.3) is 11.1 Å². The van der Waals surface area contributed by atoms with E-state index in [9.17, 15) is 13.6 Å². The molecule has 1 atom stereocenters. The van der Waals surface area contributed by atoms with Crippen LogP contribution in [0.5, 0.6) is 5.75 Å². The first kappa shape index (κ1) is 18.1. The average molecular weight is 471 g/mol. The van der Waals surface area contributed by atoms with Gasteiger partial charge in [-0.15, -0.1) is 15.7 Å². The molecule has 2 aromatic rings. The zero-order valence-corrected chi connectivity index (χ0v) is 16.5. The summed E-state index contributed by atoms with van der Waals surface area (Å²) in [5.74, 6) is 0.826. The van der Waals surface area contributed by atoms with Crippen molar-refractivity contribution >= 4 is 48.7 Å². The molecule has 3 rings (SSSR count). The van der Waals surface area contributed by atoms with Crippen molar-refractivity contribution in [3.05, 3.63) is 39.0 Å². The topological polar surface area (TPSA) is 29.5 Å². The number of hydrogen-bond acceptors (Lipinski definition) is 2. The maximum atomic E-state index is 14.6. The van der Waals surface area contributed by atoms with Gasteiger partial charge in [-0.3, -0.25) is 9.69 Å². The first-order valence-corrected chi connectivity index (χ1v) is 8.96. The fourth-order valence-electron chi connectivity index (χ4n) is 2.71. The number of ether oxygens (including phenoxy) is 1. The summed E-state index contributed by atoms with van der Waals surface area (Å²) in [4.78, 5) is 13.4. The third-order valence-electron chi connectivity index (χ3n) is 4.02. The van der Waals surface area contributed by atoms with Crippen LogP contribution in [0.2, 0.25) is 0 Å². The van der Waals surface area contributed by atoms with Gasteiger partial charge in [-0.1, -0.05) is 12.0 Å². The molecular weight excluding hydrogens is 458 g/mol. The summed E-state index contributed by atoms with van der Waals surface area (Å²) < 4.78 is 34.8. The van der Waals surface area contributed by atoms with Crippen molar-refractivity contribution in [2.45, 2.75) is 6.92 Å². The predicted octanol–water partition coefficient (Wildman–Crippen LogP) is 3.40. The highest BCUT2D eigenvalue weighted by molar-refractivity contribution is 14.1. The first-order chi connectivity index (χ1) is 11.9. The molecule has 0 saturated heterocycles. The Balaban J connectivity index is 2.22. The third kappa shape index (κ3) is 3.00. The van der Waals surface area contributed by atoms with Crippen LogP contribution in [0.4, 0.5) is 14.5 Å². The van der Waals surface area contributed by atoms with Gasteiger partial charge in [0.1, 0.15) is 5.75 Å². The maximum absolute atomic E-state index is 14.6. The molecule has 1 unspecified atom stereocenters. The van der Waals surface area contributed by atoms with Gasteiger partial charge in [-0.2, -0.15) is 0 Å². The zero-order chi connectivity index (χ0) is 18.3. The molecule has 0 fully saturated rings. The Morgan fingerprint density at radius 3 is 2.80 bits per heavy atom. The summed E-state index contributed by atoms with van der Waals surface area (Å²) in [6.45, 7) is 1.51. The molecule has 1 aliphatic rings. The predicted molar refractivity (Wildman–Crippen MR) is 105 cm³/mol. The number of anilines is 1. The van der Waals surface area contributed by atoms with Crippen LogP contribution in [-0.4, -0.2) is 19.1 Å². The van der Waals surface area contributed by atoms with Crippen LogP contribution >= 0.6 is 31.8 Å². The Labute approximate surface area is 160 Å². The summed E-state index contributed by atoms with van der Waals surface area (Å²) >= 11 is 1.98. The monoisotopic (exact) mass is 471 g/mol. The van der Waals surface area contributed by atoms with Gasteiger partial charge in [-0.25, -0.2) is 8.78 Å². The smallest absolute Gasteiger partial charge is 0.265 e. The van der Waals surface area contributed by atoms with Crippen LogP contribution in [0.15, 0.2) is 18.2 Å². The van der Waals surface area contributed by atoms with Crippen molar-refractivity contribution in [2.75, 3.05) is 18.1 Å². The molecule has 0 radical (unpaired) electrons. The van der Waals surface area contributed by atoms with Crippen LogP contribution in [0, 0.1) is 34.5 Å². The molecular formula is C18H13F2INO2P. The van der Waals surface area contributed by atoms with E-state index in [1.54, 1.807) is 18.2 Å². The highest BCUT2D eigenvalue weighted by Crippen LogP contribution is 2.37. The molecule has 0 aliphatic carbocycles. The summed E-state index contributed by atoms with van der Waals surface area (Å²) in [5.41, 5.74) is 1.29. The van der Waals surface area contributed by atoms with Gasteiger partial charge in [0.05, 0.1) is 12.2 Å². The highest BCUT2D eigenvalue weighted by atomic mass is 127. The lowest BCUT2D eigenvalue weighted by Gasteiger charge is -2.28. The molecule has 1 heterocycles. The fourth-order valence-corrected chi connectivity index (χ4v) is 3.72. The van der Waals surface area contributed by atoms with Crippen LogP contribution in [-0.2, 0) is 4.79 Å². The molecule has 3 nitrogen and oxygen atoms in total. The van der Waals surface area contributed by atoms with Gasteiger partial charge in [0.2, 0.25) is 0 Å². The summed E-state index contributed by atoms with van der Waals surface area (Å²) in [6.07, 6.45) is 5.33. The van der Waals surface area contributed by atoms with Crippen molar-refractivity contribution in [1.82, 2.24) is 0 Å². The minimum Gasteiger partial charge on any atom is -0.482 e. The number of carbonyl (C=O) groups is 1. The number of halogens is 3. The lowest BCUT2D eigenvalue weighted by Crippen LogP contribution is -2.39. The van der Waals surface area contributed by atoms with Crippen molar-refractivity contribution in [1.29, 1.82) is 0 Å². The first-order valence-electron chi connectivity index (χ1n) is 7.30. The van der Waals surface area contributed by atoms with Crippen molar-refractivity contribution < 1.29 is 18.3 Å². The van der Waals surface area contributed by atoms with Crippen molar-refractivity contribution in [2.24, 2.45) is 0 Å². The average Bonchev–Trinajstić information content (AvgIpc) is 2.61. The molecule has 0 saturated carbocycles. The van der Waals surface area contributed by atoms with Gasteiger partial charge in [0.25, 0.3) is 5.91 Å². The number of benzene rings is 2. The van der Waals surface area contributed by atoms with Crippen LogP contribution in [0.3, 0.4) is 0 Å². The fraction of sp³-hybridized carbons (Fsp3) is 0.167. The summed E-state index contributed by atoms with van der Waals surface area (Å²) in [5, 5.41) is 0.559. The number of nitrogens with zero attached hydrogens (tertiary/aromatic N) is 1. The number of rotatable bonds is 2. The van der Waals surface area contributed by atoms with E-state index in [1.165, 1.54) is 11.8 Å². The summed E-state index contributed by atoms with van der Waals surface area (Å²) in [7, 11) is 2.46. The minimum absolute atomic E-state index is 0.0780. The minimum atomic E-state index is -0.922. The molecule has 25 heavy (non-hydrogen) atoms. The van der Waals surface area contributed by atoms with Crippen molar-refractivity contribution in [3.8, 4) is 29.2 Å². The highest BCUT2D eigenvalue weighted by Gasteiger charge is 2.27. The molecule has 2 aromatic carbocycles. The summed E-state index contributed by atoms with van der Waals surface area (Å²) in [6, 6.07) is 4.87. The van der Waals surface area contributed by atoms with Gasteiger partial charge >= 0.3 is 0 Å². The molecule has 0 N–H and O–H groups in total. The van der Waals surface area contributed by atoms with E-state index >= 15 is 0 Å². The number of carbonyl (C=O) groups excluding carboxylic acids is 1. The maximum Gasteiger partial charge on any atom is 0.265 e. The van der Waals surface area contributed by atoms with Crippen molar-refractivity contribution in [3.63, 3.8) is 0 Å².